The lowest BCUT2D eigenvalue weighted by molar-refractivity contribution is -0.137. The van der Waals surface area contributed by atoms with Gasteiger partial charge in [-0.25, -0.2) is 4.98 Å². The van der Waals surface area contributed by atoms with Gasteiger partial charge in [0.15, 0.2) is 0 Å². The number of alkyl halides is 3. The van der Waals surface area contributed by atoms with Gasteiger partial charge in [0, 0.05) is 13.6 Å². The molecule has 0 aliphatic carbocycles. The highest BCUT2D eigenvalue weighted by Gasteiger charge is 2.31. The Morgan fingerprint density at radius 2 is 2.11 bits per heavy atom. The monoisotopic (exact) mass is 295 g/mol. The second-order valence-corrected chi connectivity index (χ2v) is 4.21. The smallest absolute Gasteiger partial charge is 0.361 e. The minimum atomic E-state index is -4.51. The first-order valence-electron chi connectivity index (χ1n) is 5.46. The first-order chi connectivity index (χ1) is 8.74. The van der Waals surface area contributed by atoms with Crippen LogP contribution in [-0.2, 0) is 11.0 Å². The zero-order chi connectivity index (χ0) is 14.6. The number of anilines is 1. The molecule has 1 amide bonds. The zero-order valence-corrected chi connectivity index (χ0v) is 11.1. The van der Waals surface area contributed by atoms with Gasteiger partial charge in [-0.05, 0) is 19.1 Å². The molecule has 0 saturated carbocycles. The molecule has 0 aliphatic rings. The fraction of sp³-hybridized carbons (Fsp3) is 0.455. The van der Waals surface area contributed by atoms with Gasteiger partial charge in [0.25, 0.3) is 0 Å². The summed E-state index contributed by atoms with van der Waals surface area (Å²) in [5.41, 5.74) is -0.911. The van der Waals surface area contributed by atoms with E-state index in [4.69, 9.17) is 11.6 Å². The molecule has 1 heterocycles. The Bertz CT molecular complexity index is 465. The highest BCUT2D eigenvalue weighted by Crippen LogP contribution is 2.31. The maximum absolute atomic E-state index is 12.5. The van der Waals surface area contributed by atoms with E-state index in [1.807, 2.05) is 0 Å². The molecule has 8 heteroatoms. The largest absolute Gasteiger partial charge is 0.416 e. The molecule has 19 heavy (non-hydrogen) atoms. The highest BCUT2D eigenvalue weighted by molar-refractivity contribution is 6.29. The number of carbonyl (C=O) groups is 1. The molecule has 1 aromatic rings. The van der Waals surface area contributed by atoms with Crippen molar-refractivity contribution in [1.29, 1.82) is 0 Å². The van der Waals surface area contributed by atoms with Crippen molar-refractivity contribution in [3.8, 4) is 0 Å². The first-order valence-corrected chi connectivity index (χ1v) is 5.84. The second-order valence-electron chi connectivity index (χ2n) is 3.82. The summed E-state index contributed by atoms with van der Waals surface area (Å²) < 4.78 is 37.6. The maximum atomic E-state index is 12.5. The van der Waals surface area contributed by atoms with Crippen molar-refractivity contribution in [2.45, 2.75) is 13.1 Å². The van der Waals surface area contributed by atoms with Crippen LogP contribution in [0.4, 0.5) is 19.0 Å². The molecule has 0 aromatic carbocycles. The molecular formula is C11H13ClF3N3O. The number of pyridine rings is 1. The molecule has 0 spiro atoms. The predicted molar refractivity (Wildman–Crippen MR) is 66.0 cm³/mol. The number of halogens is 4. The molecule has 0 saturated heterocycles. The maximum Gasteiger partial charge on any atom is 0.416 e. The number of likely N-dealkylation sites (N-methyl/N-ethyl adjacent to an activating group) is 1. The fourth-order valence-corrected chi connectivity index (χ4v) is 1.44. The molecule has 0 bridgehead atoms. The summed E-state index contributed by atoms with van der Waals surface area (Å²) in [5.74, 6) is -0.337. The van der Waals surface area contributed by atoms with Crippen LogP contribution in [0.3, 0.4) is 0 Å². The predicted octanol–water partition coefficient (Wildman–Crippen LogP) is 2.64. The van der Waals surface area contributed by atoms with E-state index in [1.54, 1.807) is 14.0 Å². The Morgan fingerprint density at radius 3 is 2.63 bits per heavy atom. The number of nitrogens with zero attached hydrogens (tertiary/aromatic N) is 2. The number of amides is 1. The molecule has 0 fully saturated rings. The summed E-state index contributed by atoms with van der Waals surface area (Å²) in [5, 5.41) is 2.24. The van der Waals surface area contributed by atoms with Crippen LogP contribution in [0, 0.1) is 0 Å². The van der Waals surface area contributed by atoms with Crippen molar-refractivity contribution < 1.29 is 18.0 Å². The number of rotatable bonds is 4. The topological polar surface area (TPSA) is 45.2 Å². The van der Waals surface area contributed by atoms with Gasteiger partial charge in [0.05, 0.1) is 12.1 Å². The van der Waals surface area contributed by atoms with Crippen LogP contribution in [0.25, 0.3) is 0 Å². The normalized spacial score (nSPS) is 11.3. The van der Waals surface area contributed by atoms with Gasteiger partial charge in [-0.15, -0.1) is 0 Å². The number of carbonyl (C=O) groups excluding carboxylic acids is 1. The molecule has 0 unspecified atom stereocenters. The Morgan fingerprint density at radius 1 is 1.47 bits per heavy atom. The van der Waals surface area contributed by atoms with Crippen molar-refractivity contribution in [2.75, 3.05) is 25.5 Å². The number of hydrogen-bond donors (Lipinski definition) is 1. The number of hydrogen-bond acceptors (Lipinski definition) is 3. The summed E-state index contributed by atoms with van der Waals surface area (Å²) in [7, 11) is 1.59. The zero-order valence-electron chi connectivity index (χ0n) is 10.4. The molecule has 0 radical (unpaired) electrons. The van der Waals surface area contributed by atoms with E-state index in [9.17, 15) is 18.0 Å². The molecule has 4 nitrogen and oxygen atoms in total. The van der Waals surface area contributed by atoms with Crippen LogP contribution in [0.5, 0.6) is 0 Å². The van der Waals surface area contributed by atoms with Gasteiger partial charge in [0.2, 0.25) is 5.91 Å². The van der Waals surface area contributed by atoms with E-state index in [1.165, 1.54) is 4.90 Å². The minimum absolute atomic E-state index is 0.0855. The SMILES string of the molecule is CCN(C)C(=O)CNc1cc(C(F)(F)F)cc(Cl)n1. The van der Waals surface area contributed by atoms with Crippen molar-refractivity contribution in [1.82, 2.24) is 9.88 Å². The van der Waals surface area contributed by atoms with E-state index < -0.39 is 11.7 Å². The van der Waals surface area contributed by atoms with E-state index >= 15 is 0 Å². The summed E-state index contributed by atoms with van der Waals surface area (Å²) in [6, 6.07) is 1.54. The Labute approximate surface area is 113 Å². The van der Waals surface area contributed by atoms with Gasteiger partial charge in [-0.1, -0.05) is 11.6 Å². The third-order valence-corrected chi connectivity index (χ3v) is 2.64. The molecule has 0 aliphatic heterocycles. The molecule has 0 atom stereocenters. The molecular weight excluding hydrogens is 283 g/mol. The fourth-order valence-electron chi connectivity index (χ4n) is 1.23. The average Bonchev–Trinajstić information content (AvgIpc) is 2.33. The van der Waals surface area contributed by atoms with Gasteiger partial charge >= 0.3 is 6.18 Å². The standard InChI is InChI=1S/C11H13ClF3N3O/c1-3-18(2)10(19)6-16-9-5-7(11(13,14)15)4-8(12)17-9/h4-5H,3,6H2,1-2H3,(H,16,17). The summed E-state index contributed by atoms with van der Waals surface area (Å²) in [4.78, 5) is 16.6. The summed E-state index contributed by atoms with van der Waals surface area (Å²) in [6.45, 7) is 2.16. The van der Waals surface area contributed by atoms with Crippen LogP contribution in [0.2, 0.25) is 5.15 Å². The molecule has 106 valence electrons. The Balaban J connectivity index is 2.80. The minimum Gasteiger partial charge on any atom is -0.361 e. The van der Waals surface area contributed by atoms with Gasteiger partial charge in [-0.3, -0.25) is 4.79 Å². The van der Waals surface area contributed by atoms with Crippen molar-refractivity contribution in [2.24, 2.45) is 0 Å². The van der Waals surface area contributed by atoms with Crippen LogP contribution >= 0.6 is 11.6 Å². The Hall–Kier alpha value is -1.50. The quantitative estimate of drug-likeness (QED) is 0.869. The lowest BCUT2D eigenvalue weighted by Gasteiger charge is -2.15. The van der Waals surface area contributed by atoms with Crippen LogP contribution in [0.15, 0.2) is 12.1 Å². The van der Waals surface area contributed by atoms with Crippen LogP contribution in [-0.4, -0.2) is 35.9 Å². The van der Waals surface area contributed by atoms with Crippen molar-refractivity contribution in [3.05, 3.63) is 22.8 Å². The first kappa shape index (κ1) is 15.6. The molecule has 1 rings (SSSR count). The second kappa shape index (κ2) is 6.10. The third kappa shape index (κ3) is 4.59. The molecule has 1 aromatic heterocycles. The van der Waals surface area contributed by atoms with Gasteiger partial charge in [-0.2, -0.15) is 13.2 Å². The van der Waals surface area contributed by atoms with Gasteiger partial charge in [0.1, 0.15) is 11.0 Å². The van der Waals surface area contributed by atoms with Gasteiger partial charge < -0.3 is 10.2 Å². The van der Waals surface area contributed by atoms with E-state index in [0.29, 0.717) is 6.54 Å². The van der Waals surface area contributed by atoms with Crippen molar-refractivity contribution in [3.63, 3.8) is 0 Å². The highest BCUT2D eigenvalue weighted by atomic mass is 35.5. The average molecular weight is 296 g/mol. The Kier molecular flexibility index (Phi) is 4.99. The van der Waals surface area contributed by atoms with Crippen LogP contribution < -0.4 is 5.32 Å². The lowest BCUT2D eigenvalue weighted by Crippen LogP contribution is -2.32. The third-order valence-electron chi connectivity index (χ3n) is 2.44. The summed E-state index contributed by atoms with van der Waals surface area (Å²) in [6.07, 6.45) is -4.51. The molecule has 1 N–H and O–H groups in total. The number of aromatic nitrogens is 1. The van der Waals surface area contributed by atoms with Crippen LogP contribution in [0.1, 0.15) is 12.5 Å². The van der Waals surface area contributed by atoms with E-state index in [0.717, 1.165) is 12.1 Å². The van der Waals surface area contributed by atoms with Crippen molar-refractivity contribution >= 4 is 23.3 Å². The lowest BCUT2D eigenvalue weighted by atomic mass is 10.2. The van der Waals surface area contributed by atoms with E-state index in [-0.39, 0.29) is 23.4 Å². The van der Waals surface area contributed by atoms with E-state index in [2.05, 4.69) is 10.3 Å². The summed E-state index contributed by atoms with van der Waals surface area (Å²) >= 11 is 5.51. The number of nitrogens with one attached hydrogen (secondary N) is 1.